The van der Waals surface area contributed by atoms with Crippen molar-refractivity contribution in [3.05, 3.63) is 24.8 Å². The average Bonchev–Trinajstić information content (AvgIpc) is 2.03. The molecular weight excluding hydrogens is 218 g/mol. The van der Waals surface area contributed by atoms with Crippen LogP contribution in [-0.2, 0) is 9.59 Å². The van der Waals surface area contributed by atoms with E-state index in [-0.39, 0.29) is 59.1 Å². The molecule has 0 bridgehead atoms. The molecule has 0 unspecified atom stereocenters. The molecule has 0 rings (SSSR count). The van der Waals surface area contributed by atoms with Crippen molar-refractivity contribution in [1.29, 1.82) is 0 Å². The molecule has 0 radical (unpaired) electrons. The van der Waals surface area contributed by atoms with Gasteiger partial charge in [-0.3, -0.25) is 0 Å². The quantitative estimate of drug-likeness (QED) is 0.273. The molecule has 0 amide bonds. The summed E-state index contributed by atoms with van der Waals surface area (Å²) >= 11 is 0. The number of hydrogen-bond donors (Lipinski definition) is 0. The van der Waals surface area contributed by atoms with Crippen LogP contribution in [0.5, 0.6) is 0 Å². The molecule has 15 heavy (non-hydrogen) atoms. The Balaban J connectivity index is -0.0000000770. The zero-order valence-corrected chi connectivity index (χ0v) is 13.5. The molecule has 0 saturated carbocycles. The van der Waals surface area contributed by atoms with Crippen molar-refractivity contribution in [3.63, 3.8) is 0 Å². The zero-order valence-electron chi connectivity index (χ0n) is 9.49. The summed E-state index contributed by atoms with van der Waals surface area (Å²) in [6.07, 6.45) is 5.08. The molecule has 0 N–H and O–H groups in total. The van der Waals surface area contributed by atoms with E-state index in [1.807, 2.05) is 6.08 Å². The van der Waals surface area contributed by atoms with E-state index in [0.717, 1.165) is 6.42 Å². The SMILES string of the molecule is C=CCCC.O=C([O-])C=CC(=O)[O-].[Na+].[Na+]. The van der Waals surface area contributed by atoms with Gasteiger partial charge in [-0.2, -0.15) is 0 Å². The minimum atomic E-state index is -1.55. The topological polar surface area (TPSA) is 80.3 Å². The van der Waals surface area contributed by atoms with Gasteiger partial charge >= 0.3 is 59.1 Å². The number of rotatable bonds is 4. The molecule has 0 aromatic carbocycles. The van der Waals surface area contributed by atoms with Gasteiger partial charge in [0.2, 0.25) is 0 Å². The number of carbonyl (C=O) groups is 2. The van der Waals surface area contributed by atoms with Crippen LogP contribution in [0.25, 0.3) is 0 Å². The van der Waals surface area contributed by atoms with Crippen molar-refractivity contribution >= 4 is 11.9 Å². The first-order valence-corrected chi connectivity index (χ1v) is 3.75. The van der Waals surface area contributed by atoms with Gasteiger partial charge in [-0.1, -0.05) is 19.4 Å². The maximum Gasteiger partial charge on any atom is 1.00 e. The minimum absolute atomic E-state index is 0. The smallest absolute Gasteiger partial charge is 0.545 e. The van der Waals surface area contributed by atoms with Gasteiger partial charge in [-0.25, -0.2) is 0 Å². The van der Waals surface area contributed by atoms with Gasteiger partial charge in [-0.05, 0) is 18.6 Å². The second-order valence-corrected chi connectivity index (χ2v) is 2.05. The van der Waals surface area contributed by atoms with Crippen LogP contribution in [0.15, 0.2) is 24.8 Å². The number of unbranched alkanes of at least 4 members (excludes halogenated alkanes) is 1. The van der Waals surface area contributed by atoms with E-state index in [2.05, 4.69) is 13.5 Å². The molecule has 0 aliphatic heterocycles. The Labute approximate surface area is 134 Å². The monoisotopic (exact) mass is 230 g/mol. The summed E-state index contributed by atoms with van der Waals surface area (Å²) in [6, 6.07) is 0. The van der Waals surface area contributed by atoms with E-state index in [1.165, 1.54) is 6.42 Å². The fraction of sp³-hybridized carbons (Fsp3) is 0.333. The zero-order chi connectivity index (χ0) is 10.7. The third-order valence-corrected chi connectivity index (χ3v) is 0.848. The second kappa shape index (κ2) is 19.9. The third kappa shape index (κ3) is 40.4. The van der Waals surface area contributed by atoms with E-state index < -0.39 is 11.9 Å². The first-order chi connectivity index (χ1) is 6.04. The van der Waals surface area contributed by atoms with Gasteiger partial charge in [-0.15, -0.1) is 6.58 Å². The Hall–Kier alpha value is 0.420. The summed E-state index contributed by atoms with van der Waals surface area (Å²) in [5.41, 5.74) is 0. The van der Waals surface area contributed by atoms with Crippen LogP contribution in [-0.4, -0.2) is 11.9 Å². The second-order valence-electron chi connectivity index (χ2n) is 2.05. The number of allylic oxidation sites excluding steroid dienone is 1. The Kier molecular flexibility index (Phi) is 32.6. The van der Waals surface area contributed by atoms with E-state index >= 15 is 0 Å². The van der Waals surface area contributed by atoms with Gasteiger partial charge in [0.1, 0.15) is 0 Å². The van der Waals surface area contributed by atoms with Crippen molar-refractivity contribution in [2.75, 3.05) is 0 Å². The molecule has 0 atom stereocenters. The number of aliphatic carboxylic acids is 2. The molecule has 74 valence electrons. The number of carboxylic acid groups (broad SMARTS) is 2. The molecule has 0 aliphatic carbocycles. The van der Waals surface area contributed by atoms with Crippen LogP contribution in [0.2, 0.25) is 0 Å². The van der Waals surface area contributed by atoms with Gasteiger partial charge in [0.25, 0.3) is 0 Å². The van der Waals surface area contributed by atoms with Crippen molar-refractivity contribution in [1.82, 2.24) is 0 Å². The van der Waals surface area contributed by atoms with E-state index in [1.54, 1.807) is 0 Å². The first kappa shape index (κ1) is 24.6. The Morgan fingerprint density at radius 1 is 1.13 bits per heavy atom. The fourth-order valence-electron chi connectivity index (χ4n) is 0.340. The maximum atomic E-state index is 9.41. The molecule has 0 spiro atoms. The van der Waals surface area contributed by atoms with Crippen molar-refractivity contribution in [3.8, 4) is 0 Å². The normalized spacial score (nSPS) is 7.53. The Morgan fingerprint density at radius 3 is 1.53 bits per heavy atom. The molecular formula is C9H12Na2O4. The molecule has 4 nitrogen and oxygen atoms in total. The maximum absolute atomic E-state index is 9.41. The van der Waals surface area contributed by atoms with E-state index in [0.29, 0.717) is 12.2 Å². The van der Waals surface area contributed by atoms with Crippen LogP contribution in [0.1, 0.15) is 19.8 Å². The minimum Gasteiger partial charge on any atom is -0.545 e. The summed E-state index contributed by atoms with van der Waals surface area (Å²) in [4.78, 5) is 18.8. The largest absolute Gasteiger partial charge is 1.00 e. The van der Waals surface area contributed by atoms with Crippen molar-refractivity contribution in [2.45, 2.75) is 19.8 Å². The average molecular weight is 230 g/mol. The van der Waals surface area contributed by atoms with Crippen molar-refractivity contribution in [2.24, 2.45) is 0 Å². The van der Waals surface area contributed by atoms with Crippen LogP contribution < -0.4 is 69.3 Å². The molecule has 0 aliphatic rings. The summed E-state index contributed by atoms with van der Waals surface area (Å²) in [6.45, 7) is 5.69. The van der Waals surface area contributed by atoms with Gasteiger partial charge in [0, 0.05) is 0 Å². The molecule has 0 fully saturated rings. The predicted octanol–water partition coefficient (Wildman–Crippen LogP) is -6.98. The van der Waals surface area contributed by atoms with Crippen LogP contribution >= 0.6 is 0 Å². The summed E-state index contributed by atoms with van der Waals surface area (Å²) < 4.78 is 0. The number of carboxylic acids is 2. The number of carbonyl (C=O) groups excluding carboxylic acids is 2. The molecule has 0 heterocycles. The fourth-order valence-corrected chi connectivity index (χ4v) is 0.340. The Bertz CT molecular complexity index is 186. The van der Waals surface area contributed by atoms with Crippen LogP contribution in [0.3, 0.4) is 0 Å². The molecule has 6 heteroatoms. The van der Waals surface area contributed by atoms with E-state index in [9.17, 15) is 19.8 Å². The van der Waals surface area contributed by atoms with Crippen molar-refractivity contribution < 1.29 is 78.9 Å². The third-order valence-electron chi connectivity index (χ3n) is 0.848. The summed E-state index contributed by atoms with van der Waals surface area (Å²) in [7, 11) is 0. The molecule has 0 aromatic rings. The Morgan fingerprint density at radius 2 is 1.47 bits per heavy atom. The standard InChI is InChI=1S/C5H10.C4H4O4.2Na/c1-3-5-4-2;5-3(6)1-2-4(7)8;;/h3H,1,4-5H2,2H3;1-2H,(H,5,6)(H,7,8);;/q;;2*+1/p-2. The predicted molar refractivity (Wildman–Crippen MR) is 44.3 cm³/mol. The van der Waals surface area contributed by atoms with Gasteiger partial charge in [0.05, 0.1) is 11.9 Å². The van der Waals surface area contributed by atoms with E-state index in [4.69, 9.17) is 0 Å². The number of hydrogen-bond acceptors (Lipinski definition) is 4. The first-order valence-electron chi connectivity index (χ1n) is 3.75. The van der Waals surface area contributed by atoms with Crippen LogP contribution in [0, 0.1) is 0 Å². The van der Waals surface area contributed by atoms with Crippen LogP contribution in [0.4, 0.5) is 0 Å². The molecule has 0 saturated heterocycles. The summed E-state index contributed by atoms with van der Waals surface area (Å²) in [5.74, 6) is -3.09. The summed E-state index contributed by atoms with van der Waals surface area (Å²) in [5, 5.41) is 18.8. The molecule has 0 aromatic heterocycles. The van der Waals surface area contributed by atoms with Gasteiger partial charge < -0.3 is 19.8 Å². The van der Waals surface area contributed by atoms with Gasteiger partial charge in [0.15, 0.2) is 0 Å².